The second-order valence-corrected chi connectivity index (χ2v) is 6.13. The lowest BCUT2D eigenvalue weighted by atomic mass is 9.93. The Morgan fingerprint density at radius 1 is 1.24 bits per heavy atom. The number of alkyl carbamates (subject to hydrolysis) is 1. The molecule has 0 aromatic heterocycles. The molecule has 0 saturated carbocycles. The molecule has 0 bridgehead atoms. The Morgan fingerprint density at radius 3 is 2.24 bits per heavy atom. The average Bonchev–Trinajstić information content (AvgIpc) is 2.32. The molecule has 21 heavy (non-hydrogen) atoms. The van der Waals surface area contributed by atoms with Crippen molar-refractivity contribution in [1.29, 1.82) is 0 Å². The highest BCUT2D eigenvalue weighted by Gasteiger charge is 2.30. The van der Waals surface area contributed by atoms with E-state index in [1.807, 2.05) is 13.8 Å². The summed E-state index contributed by atoms with van der Waals surface area (Å²) in [4.78, 5) is 23.3. The van der Waals surface area contributed by atoms with Gasteiger partial charge in [-0.1, -0.05) is 20.3 Å². The number of amides is 1. The fraction of sp³-hybridized carbons (Fsp3) is 0.867. The van der Waals surface area contributed by atoms with Gasteiger partial charge in [-0.05, 0) is 33.6 Å². The van der Waals surface area contributed by atoms with E-state index in [1.54, 1.807) is 27.7 Å². The molecule has 3 unspecified atom stereocenters. The quantitative estimate of drug-likeness (QED) is 0.705. The lowest BCUT2D eigenvalue weighted by Gasteiger charge is -2.30. The zero-order valence-electron chi connectivity index (χ0n) is 13.9. The molecule has 1 amide bonds. The summed E-state index contributed by atoms with van der Waals surface area (Å²) in [7, 11) is 0. The van der Waals surface area contributed by atoms with Gasteiger partial charge in [0, 0.05) is 0 Å². The first-order valence-corrected chi connectivity index (χ1v) is 7.43. The Balaban J connectivity index is 4.72. The monoisotopic (exact) mass is 303 g/mol. The lowest BCUT2D eigenvalue weighted by molar-refractivity contribution is -0.146. The first-order valence-electron chi connectivity index (χ1n) is 7.43. The summed E-state index contributed by atoms with van der Waals surface area (Å²) in [6.45, 7) is 11.1. The van der Waals surface area contributed by atoms with Crippen LogP contribution in [0.1, 0.15) is 54.4 Å². The Morgan fingerprint density at radius 2 is 1.81 bits per heavy atom. The van der Waals surface area contributed by atoms with Gasteiger partial charge >= 0.3 is 12.1 Å². The molecule has 6 nitrogen and oxygen atoms in total. The number of carbonyl (C=O) groups excluding carboxylic acids is 2. The first kappa shape index (κ1) is 19.7. The van der Waals surface area contributed by atoms with Gasteiger partial charge in [0.25, 0.3) is 0 Å². The third-order valence-electron chi connectivity index (χ3n) is 3.04. The van der Waals surface area contributed by atoms with Crippen LogP contribution in [0.25, 0.3) is 0 Å². The summed E-state index contributed by atoms with van der Waals surface area (Å²) in [5, 5.41) is 12.8. The van der Waals surface area contributed by atoms with Crippen molar-refractivity contribution in [2.45, 2.75) is 72.1 Å². The van der Waals surface area contributed by atoms with Gasteiger partial charge in [0.1, 0.15) is 5.60 Å². The van der Waals surface area contributed by atoms with Crippen molar-refractivity contribution < 1.29 is 24.2 Å². The van der Waals surface area contributed by atoms with Gasteiger partial charge in [-0.15, -0.1) is 0 Å². The molecule has 124 valence electrons. The Bertz CT molecular complexity index is 337. The van der Waals surface area contributed by atoms with Crippen LogP contribution < -0.4 is 5.32 Å². The van der Waals surface area contributed by atoms with E-state index in [2.05, 4.69) is 5.32 Å². The van der Waals surface area contributed by atoms with Crippen molar-refractivity contribution in [3.63, 3.8) is 0 Å². The molecule has 0 aliphatic heterocycles. The molecule has 3 atom stereocenters. The molecule has 0 rings (SSSR count). The van der Waals surface area contributed by atoms with Crippen molar-refractivity contribution in [3.05, 3.63) is 0 Å². The van der Waals surface area contributed by atoms with Crippen LogP contribution in [0.4, 0.5) is 4.79 Å². The minimum absolute atomic E-state index is 0.00180. The first-order chi connectivity index (χ1) is 9.60. The normalized spacial score (nSPS) is 15.8. The summed E-state index contributed by atoms with van der Waals surface area (Å²) >= 11 is 0. The standard InChI is InChI=1S/C15H29NO5/c1-7-10(3)13(11(17)9-12(18)20-8-2)16-14(19)21-15(4,5)6/h10-11,13,17H,7-9H2,1-6H3,(H,16,19). The van der Waals surface area contributed by atoms with E-state index in [4.69, 9.17) is 9.47 Å². The van der Waals surface area contributed by atoms with Gasteiger partial charge in [-0.2, -0.15) is 0 Å². The molecule has 0 spiro atoms. The average molecular weight is 303 g/mol. The highest BCUT2D eigenvalue weighted by Crippen LogP contribution is 2.16. The van der Waals surface area contributed by atoms with E-state index in [-0.39, 0.29) is 18.9 Å². The summed E-state index contributed by atoms with van der Waals surface area (Å²) in [5.74, 6) is -0.480. The van der Waals surface area contributed by atoms with Crippen LogP contribution in [0.5, 0.6) is 0 Å². The molecule has 0 fully saturated rings. The number of hydrogen-bond donors (Lipinski definition) is 2. The van der Waals surface area contributed by atoms with Gasteiger partial charge in [-0.3, -0.25) is 4.79 Å². The van der Waals surface area contributed by atoms with Crippen molar-refractivity contribution in [3.8, 4) is 0 Å². The molecule has 0 radical (unpaired) electrons. The minimum Gasteiger partial charge on any atom is -0.466 e. The van der Waals surface area contributed by atoms with Crippen LogP contribution in [-0.4, -0.2) is 41.5 Å². The third-order valence-corrected chi connectivity index (χ3v) is 3.04. The number of ether oxygens (including phenoxy) is 2. The van der Waals surface area contributed by atoms with Crippen LogP contribution in [0.2, 0.25) is 0 Å². The van der Waals surface area contributed by atoms with Crippen molar-refractivity contribution >= 4 is 12.1 Å². The number of aliphatic hydroxyl groups excluding tert-OH is 1. The summed E-state index contributed by atoms with van der Waals surface area (Å²) in [6.07, 6.45) is -1.01. The maximum atomic E-state index is 11.8. The minimum atomic E-state index is -1.01. The Hall–Kier alpha value is -1.30. The number of esters is 1. The van der Waals surface area contributed by atoms with Crippen LogP contribution in [0.15, 0.2) is 0 Å². The fourth-order valence-corrected chi connectivity index (χ4v) is 1.83. The van der Waals surface area contributed by atoms with E-state index in [9.17, 15) is 14.7 Å². The predicted molar refractivity (Wildman–Crippen MR) is 79.9 cm³/mol. The van der Waals surface area contributed by atoms with E-state index in [0.717, 1.165) is 6.42 Å². The lowest BCUT2D eigenvalue weighted by Crippen LogP contribution is -2.49. The second-order valence-electron chi connectivity index (χ2n) is 6.13. The largest absolute Gasteiger partial charge is 0.466 e. The number of hydrogen-bond acceptors (Lipinski definition) is 5. The van der Waals surface area contributed by atoms with Gasteiger partial charge in [0.2, 0.25) is 0 Å². The molecule has 0 saturated heterocycles. The molecule has 6 heteroatoms. The maximum Gasteiger partial charge on any atom is 0.407 e. The summed E-state index contributed by atoms with van der Waals surface area (Å²) in [5.41, 5.74) is -0.615. The molecule has 0 heterocycles. The highest BCUT2D eigenvalue weighted by molar-refractivity contribution is 5.71. The zero-order chi connectivity index (χ0) is 16.6. The van der Waals surface area contributed by atoms with E-state index < -0.39 is 29.8 Å². The van der Waals surface area contributed by atoms with Crippen LogP contribution in [0, 0.1) is 5.92 Å². The summed E-state index contributed by atoms with van der Waals surface area (Å²) in [6, 6.07) is -0.561. The van der Waals surface area contributed by atoms with E-state index in [1.165, 1.54) is 0 Å². The molecule has 0 aromatic carbocycles. The fourth-order valence-electron chi connectivity index (χ4n) is 1.83. The molecule has 2 N–H and O–H groups in total. The van der Waals surface area contributed by atoms with Gasteiger partial charge < -0.3 is 19.9 Å². The van der Waals surface area contributed by atoms with Crippen molar-refractivity contribution in [2.75, 3.05) is 6.61 Å². The molecule has 0 aliphatic rings. The second kappa shape index (κ2) is 8.87. The van der Waals surface area contributed by atoms with Crippen LogP contribution >= 0.6 is 0 Å². The maximum absolute atomic E-state index is 11.8. The SMILES string of the molecule is CCOC(=O)CC(O)C(NC(=O)OC(C)(C)C)C(C)CC. The topological polar surface area (TPSA) is 84.9 Å². The molecule has 0 aromatic rings. The Kier molecular flexibility index (Phi) is 8.32. The van der Waals surface area contributed by atoms with Gasteiger partial charge in [0.05, 0.1) is 25.2 Å². The molecule has 0 aliphatic carbocycles. The van der Waals surface area contributed by atoms with Crippen LogP contribution in [-0.2, 0) is 14.3 Å². The van der Waals surface area contributed by atoms with Crippen LogP contribution in [0.3, 0.4) is 0 Å². The van der Waals surface area contributed by atoms with E-state index in [0.29, 0.717) is 0 Å². The zero-order valence-corrected chi connectivity index (χ0v) is 13.9. The third kappa shape index (κ3) is 8.55. The number of carbonyl (C=O) groups is 2. The van der Waals surface area contributed by atoms with Gasteiger partial charge in [0.15, 0.2) is 0 Å². The van der Waals surface area contributed by atoms with Crippen molar-refractivity contribution in [2.24, 2.45) is 5.92 Å². The molecular formula is C15H29NO5. The highest BCUT2D eigenvalue weighted by atomic mass is 16.6. The summed E-state index contributed by atoms with van der Waals surface area (Å²) < 4.78 is 10.0. The predicted octanol–water partition coefficient (Wildman–Crippen LogP) is 2.24. The smallest absolute Gasteiger partial charge is 0.407 e. The number of aliphatic hydroxyl groups is 1. The van der Waals surface area contributed by atoms with E-state index >= 15 is 0 Å². The van der Waals surface area contributed by atoms with Crippen molar-refractivity contribution in [1.82, 2.24) is 5.32 Å². The Labute approximate surface area is 127 Å². The number of nitrogens with one attached hydrogen (secondary N) is 1. The number of rotatable bonds is 7. The van der Waals surface area contributed by atoms with Gasteiger partial charge in [-0.25, -0.2) is 4.79 Å². The molecular weight excluding hydrogens is 274 g/mol.